The molecule has 1 aliphatic heterocycles. The fraction of sp³-hybridized carbons (Fsp3) is 0.462. The van der Waals surface area contributed by atoms with Crippen molar-refractivity contribution in [3.8, 4) is 0 Å². The smallest absolute Gasteiger partial charge is 0.154 e. The third kappa shape index (κ3) is 2.36. The molecule has 86 valence electrons. The van der Waals surface area contributed by atoms with Crippen molar-refractivity contribution in [2.45, 2.75) is 25.8 Å². The number of Topliss-reactive ketones (excluding diaryl/α,β-unsaturated/α-hetero) is 1. The number of rotatable bonds is 2. The SMILES string of the molecule is CCN1CCCC(=O)C1c1cccc(Br)c1. The molecule has 0 saturated carbocycles. The average molecular weight is 282 g/mol. The summed E-state index contributed by atoms with van der Waals surface area (Å²) in [6.45, 7) is 4.08. The predicted molar refractivity (Wildman–Crippen MR) is 68.4 cm³/mol. The van der Waals surface area contributed by atoms with Crippen LogP contribution in [0.3, 0.4) is 0 Å². The number of likely N-dealkylation sites (N-methyl/N-ethyl adjacent to an activating group) is 1. The van der Waals surface area contributed by atoms with Gasteiger partial charge in [-0.2, -0.15) is 0 Å². The number of halogens is 1. The van der Waals surface area contributed by atoms with E-state index in [2.05, 4.69) is 33.8 Å². The first-order valence-corrected chi connectivity index (χ1v) is 6.54. The van der Waals surface area contributed by atoms with Crippen LogP contribution in [-0.4, -0.2) is 23.8 Å². The molecule has 1 atom stereocenters. The molecule has 1 aliphatic rings. The first-order valence-electron chi connectivity index (χ1n) is 5.74. The van der Waals surface area contributed by atoms with Gasteiger partial charge in [0.25, 0.3) is 0 Å². The van der Waals surface area contributed by atoms with Crippen molar-refractivity contribution >= 4 is 21.7 Å². The predicted octanol–water partition coefficient (Wildman–Crippen LogP) is 3.18. The number of piperidine rings is 1. The number of carbonyl (C=O) groups excluding carboxylic acids is 1. The van der Waals surface area contributed by atoms with Crippen molar-refractivity contribution in [1.29, 1.82) is 0 Å². The average Bonchev–Trinajstić information content (AvgIpc) is 2.28. The molecule has 1 fully saturated rings. The molecule has 1 aromatic carbocycles. The third-order valence-corrected chi connectivity index (χ3v) is 3.60. The Hall–Kier alpha value is -0.670. The van der Waals surface area contributed by atoms with Crippen LogP contribution in [0.15, 0.2) is 28.7 Å². The van der Waals surface area contributed by atoms with E-state index in [0.717, 1.165) is 29.5 Å². The van der Waals surface area contributed by atoms with Crippen LogP contribution >= 0.6 is 15.9 Å². The highest BCUT2D eigenvalue weighted by Crippen LogP contribution is 2.29. The van der Waals surface area contributed by atoms with Gasteiger partial charge in [0.05, 0.1) is 6.04 Å². The zero-order valence-corrected chi connectivity index (χ0v) is 11.0. The Morgan fingerprint density at radius 1 is 1.50 bits per heavy atom. The molecule has 16 heavy (non-hydrogen) atoms. The lowest BCUT2D eigenvalue weighted by atomic mass is 9.94. The highest BCUT2D eigenvalue weighted by molar-refractivity contribution is 9.10. The van der Waals surface area contributed by atoms with Gasteiger partial charge in [0.2, 0.25) is 0 Å². The lowest BCUT2D eigenvalue weighted by Gasteiger charge is -2.33. The second kappa shape index (κ2) is 5.11. The summed E-state index contributed by atoms with van der Waals surface area (Å²) in [6, 6.07) is 8.05. The Labute approximate surface area is 105 Å². The number of hydrogen-bond donors (Lipinski definition) is 0. The van der Waals surface area contributed by atoms with Crippen molar-refractivity contribution in [3.05, 3.63) is 34.3 Å². The van der Waals surface area contributed by atoms with Crippen LogP contribution in [-0.2, 0) is 4.79 Å². The standard InChI is InChI=1S/C13H16BrNO/c1-2-15-8-4-7-12(16)13(15)10-5-3-6-11(14)9-10/h3,5-6,9,13H,2,4,7-8H2,1H3. The second-order valence-electron chi connectivity index (χ2n) is 4.16. The highest BCUT2D eigenvalue weighted by Gasteiger charge is 2.29. The molecular formula is C13H16BrNO. The Morgan fingerprint density at radius 2 is 2.31 bits per heavy atom. The number of carbonyl (C=O) groups is 1. The third-order valence-electron chi connectivity index (χ3n) is 3.11. The van der Waals surface area contributed by atoms with E-state index < -0.39 is 0 Å². The molecule has 3 heteroatoms. The van der Waals surface area contributed by atoms with Gasteiger partial charge >= 0.3 is 0 Å². The van der Waals surface area contributed by atoms with Gasteiger partial charge in [-0.1, -0.05) is 35.0 Å². The Kier molecular flexibility index (Phi) is 3.77. The van der Waals surface area contributed by atoms with Crippen LogP contribution in [0.25, 0.3) is 0 Å². The molecule has 0 N–H and O–H groups in total. The van der Waals surface area contributed by atoms with Crippen LogP contribution in [0.4, 0.5) is 0 Å². The monoisotopic (exact) mass is 281 g/mol. The summed E-state index contributed by atoms with van der Waals surface area (Å²) >= 11 is 3.46. The van der Waals surface area contributed by atoms with Gasteiger partial charge in [0.1, 0.15) is 0 Å². The maximum atomic E-state index is 12.0. The highest BCUT2D eigenvalue weighted by atomic mass is 79.9. The lowest BCUT2D eigenvalue weighted by Crippen LogP contribution is -2.38. The molecular weight excluding hydrogens is 266 g/mol. The van der Waals surface area contributed by atoms with E-state index in [9.17, 15) is 4.79 Å². The second-order valence-corrected chi connectivity index (χ2v) is 5.07. The minimum absolute atomic E-state index is 0.0313. The van der Waals surface area contributed by atoms with Crippen molar-refractivity contribution in [2.75, 3.05) is 13.1 Å². The minimum Gasteiger partial charge on any atom is -0.298 e. The van der Waals surface area contributed by atoms with E-state index in [1.54, 1.807) is 0 Å². The number of nitrogens with zero attached hydrogens (tertiary/aromatic N) is 1. The fourth-order valence-corrected chi connectivity index (χ4v) is 2.76. The molecule has 0 radical (unpaired) electrons. The maximum Gasteiger partial charge on any atom is 0.154 e. The number of hydrogen-bond acceptors (Lipinski definition) is 2. The van der Waals surface area contributed by atoms with Crippen LogP contribution < -0.4 is 0 Å². The van der Waals surface area contributed by atoms with E-state index in [4.69, 9.17) is 0 Å². The number of likely N-dealkylation sites (tertiary alicyclic amines) is 1. The Balaban J connectivity index is 2.31. The summed E-state index contributed by atoms with van der Waals surface area (Å²) in [5.74, 6) is 0.353. The normalized spacial score (nSPS) is 22.4. The van der Waals surface area contributed by atoms with E-state index in [-0.39, 0.29) is 6.04 Å². The molecule has 0 aliphatic carbocycles. The van der Waals surface area contributed by atoms with Gasteiger partial charge in [0.15, 0.2) is 5.78 Å². The van der Waals surface area contributed by atoms with E-state index in [1.165, 1.54) is 0 Å². The zero-order chi connectivity index (χ0) is 11.5. The molecule has 1 unspecified atom stereocenters. The minimum atomic E-state index is -0.0313. The first kappa shape index (κ1) is 11.8. The van der Waals surface area contributed by atoms with Gasteiger partial charge in [0, 0.05) is 10.9 Å². The Bertz CT molecular complexity index is 391. The summed E-state index contributed by atoms with van der Waals surface area (Å²) in [7, 11) is 0. The number of ketones is 1. The first-order chi connectivity index (χ1) is 7.72. The molecule has 0 bridgehead atoms. The van der Waals surface area contributed by atoms with Gasteiger partial charge < -0.3 is 0 Å². The van der Waals surface area contributed by atoms with E-state index >= 15 is 0 Å². The molecule has 0 aromatic heterocycles. The largest absolute Gasteiger partial charge is 0.298 e. The molecule has 2 rings (SSSR count). The molecule has 1 aromatic rings. The van der Waals surface area contributed by atoms with Crippen molar-refractivity contribution in [3.63, 3.8) is 0 Å². The van der Waals surface area contributed by atoms with Crippen LogP contribution in [0.5, 0.6) is 0 Å². The summed E-state index contributed by atoms with van der Waals surface area (Å²) in [5, 5.41) is 0. The van der Waals surface area contributed by atoms with Crippen molar-refractivity contribution < 1.29 is 4.79 Å². The van der Waals surface area contributed by atoms with Crippen LogP contribution in [0.1, 0.15) is 31.4 Å². The summed E-state index contributed by atoms with van der Waals surface area (Å²) < 4.78 is 1.04. The quantitative estimate of drug-likeness (QED) is 0.830. The molecule has 0 spiro atoms. The molecule has 2 nitrogen and oxygen atoms in total. The number of benzene rings is 1. The van der Waals surface area contributed by atoms with Crippen molar-refractivity contribution in [2.24, 2.45) is 0 Å². The van der Waals surface area contributed by atoms with Gasteiger partial charge in [-0.25, -0.2) is 0 Å². The summed E-state index contributed by atoms with van der Waals surface area (Å²) in [5.41, 5.74) is 1.11. The molecule has 0 amide bonds. The summed E-state index contributed by atoms with van der Waals surface area (Å²) in [4.78, 5) is 14.3. The molecule has 1 heterocycles. The van der Waals surface area contributed by atoms with Crippen LogP contribution in [0.2, 0.25) is 0 Å². The van der Waals surface area contributed by atoms with Crippen LogP contribution in [0, 0.1) is 0 Å². The lowest BCUT2D eigenvalue weighted by molar-refractivity contribution is -0.127. The van der Waals surface area contributed by atoms with Gasteiger partial charge in [-0.3, -0.25) is 9.69 Å². The van der Waals surface area contributed by atoms with E-state index in [1.807, 2.05) is 18.2 Å². The van der Waals surface area contributed by atoms with Gasteiger partial charge in [-0.15, -0.1) is 0 Å². The van der Waals surface area contributed by atoms with Crippen molar-refractivity contribution in [1.82, 2.24) is 4.90 Å². The fourth-order valence-electron chi connectivity index (χ4n) is 2.34. The summed E-state index contributed by atoms with van der Waals surface area (Å²) in [6.07, 6.45) is 1.71. The molecule has 1 saturated heterocycles. The Morgan fingerprint density at radius 3 is 3.00 bits per heavy atom. The van der Waals surface area contributed by atoms with E-state index in [0.29, 0.717) is 12.2 Å². The zero-order valence-electron chi connectivity index (χ0n) is 9.45. The van der Waals surface area contributed by atoms with Gasteiger partial charge in [-0.05, 0) is 37.2 Å². The topological polar surface area (TPSA) is 20.3 Å². The maximum absolute atomic E-state index is 12.0.